The van der Waals surface area contributed by atoms with Crippen LogP contribution in [0.3, 0.4) is 0 Å². The summed E-state index contributed by atoms with van der Waals surface area (Å²) in [4.78, 5) is 13.2. The van der Waals surface area contributed by atoms with Gasteiger partial charge in [-0.2, -0.15) is 0 Å². The first kappa shape index (κ1) is 14.1. The van der Waals surface area contributed by atoms with Gasteiger partial charge >= 0.3 is 5.97 Å². The third-order valence-corrected chi connectivity index (χ3v) is 4.20. The Hall–Kier alpha value is -1.29. The summed E-state index contributed by atoms with van der Waals surface area (Å²) in [6.07, 6.45) is 1.20. The average molecular weight is 265 g/mol. The number of hydrogen-bond acceptors (Lipinski definition) is 3. The topological polar surface area (TPSA) is 53.7 Å². The van der Waals surface area contributed by atoms with E-state index >= 15 is 0 Å². The van der Waals surface area contributed by atoms with E-state index in [9.17, 15) is 9.90 Å². The molecule has 4 nitrogen and oxygen atoms in total. The Morgan fingerprint density at radius 1 is 1.53 bits per heavy atom. The molecular formula is C15H23NO3. The summed E-state index contributed by atoms with van der Waals surface area (Å²) in [5, 5.41) is 9.29. The Bertz CT molecular complexity index is 464. The van der Waals surface area contributed by atoms with Crippen molar-refractivity contribution in [3.05, 3.63) is 23.7 Å². The number of carboxylic acids is 1. The molecule has 1 saturated carbocycles. The summed E-state index contributed by atoms with van der Waals surface area (Å²) in [5.41, 5.74) is -0.880. The van der Waals surface area contributed by atoms with Crippen molar-refractivity contribution < 1.29 is 14.3 Å². The number of aliphatic carboxylic acids is 1. The molecule has 1 aromatic rings. The van der Waals surface area contributed by atoms with Crippen molar-refractivity contribution in [1.82, 2.24) is 4.90 Å². The highest BCUT2D eigenvalue weighted by Crippen LogP contribution is 2.47. The van der Waals surface area contributed by atoms with E-state index in [-0.39, 0.29) is 0 Å². The maximum Gasteiger partial charge on any atom is 0.323 e. The highest BCUT2D eigenvalue weighted by atomic mass is 16.4. The van der Waals surface area contributed by atoms with Gasteiger partial charge in [-0.25, -0.2) is 0 Å². The smallest absolute Gasteiger partial charge is 0.323 e. The van der Waals surface area contributed by atoms with E-state index in [1.54, 1.807) is 13.8 Å². The Balaban J connectivity index is 2.06. The Morgan fingerprint density at radius 2 is 2.16 bits per heavy atom. The third kappa shape index (κ3) is 2.84. The van der Waals surface area contributed by atoms with Gasteiger partial charge in [0.25, 0.3) is 0 Å². The predicted molar refractivity (Wildman–Crippen MR) is 73.0 cm³/mol. The maximum absolute atomic E-state index is 11.3. The van der Waals surface area contributed by atoms with Gasteiger partial charge in [0.15, 0.2) is 0 Å². The van der Waals surface area contributed by atoms with Gasteiger partial charge < -0.3 is 9.52 Å². The number of carboxylic acid groups (broad SMARTS) is 1. The number of carbonyl (C=O) groups is 1. The molecule has 0 spiro atoms. The average Bonchev–Trinajstić information content (AvgIpc) is 2.90. The van der Waals surface area contributed by atoms with Crippen LogP contribution >= 0.6 is 0 Å². The van der Waals surface area contributed by atoms with E-state index in [2.05, 4.69) is 6.92 Å². The SMILES string of the molecule is CCN(Cc1ccc(C2CC2C)o1)C(C)(C)C(=O)O. The van der Waals surface area contributed by atoms with Crippen LogP contribution in [0, 0.1) is 5.92 Å². The first-order valence-electron chi connectivity index (χ1n) is 6.93. The van der Waals surface area contributed by atoms with Crippen LogP contribution in [0.25, 0.3) is 0 Å². The van der Waals surface area contributed by atoms with Crippen LogP contribution in [-0.4, -0.2) is 28.1 Å². The third-order valence-electron chi connectivity index (χ3n) is 4.20. The van der Waals surface area contributed by atoms with Gasteiger partial charge in [-0.05, 0) is 44.9 Å². The molecule has 1 aromatic heterocycles. The molecule has 1 aliphatic carbocycles. The minimum absolute atomic E-state index is 0.539. The second kappa shape index (κ2) is 5.00. The fourth-order valence-corrected chi connectivity index (χ4v) is 2.43. The van der Waals surface area contributed by atoms with Crippen LogP contribution in [0.2, 0.25) is 0 Å². The van der Waals surface area contributed by atoms with E-state index in [0.29, 0.717) is 19.0 Å². The number of hydrogen-bond donors (Lipinski definition) is 1. The standard InChI is InChI=1S/C15H23NO3/c1-5-16(15(3,4)14(17)18)9-11-6-7-13(19-11)12-8-10(12)2/h6-7,10,12H,5,8-9H2,1-4H3,(H,17,18). The molecule has 0 aliphatic heterocycles. The molecule has 2 unspecified atom stereocenters. The largest absolute Gasteiger partial charge is 0.480 e. The molecule has 1 N–H and O–H groups in total. The molecule has 0 amide bonds. The highest BCUT2D eigenvalue weighted by Gasteiger charge is 2.37. The zero-order valence-corrected chi connectivity index (χ0v) is 12.1. The molecule has 0 bridgehead atoms. The zero-order chi connectivity index (χ0) is 14.2. The van der Waals surface area contributed by atoms with Crippen molar-refractivity contribution in [2.75, 3.05) is 6.54 Å². The van der Waals surface area contributed by atoms with Gasteiger partial charge in [-0.3, -0.25) is 9.69 Å². The summed E-state index contributed by atoms with van der Waals surface area (Å²) >= 11 is 0. The predicted octanol–water partition coefficient (Wildman–Crippen LogP) is 3.09. The van der Waals surface area contributed by atoms with Crippen molar-refractivity contribution in [2.24, 2.45) is 5.92 Å². The number of furan rings is 1. The van der Waals surface area contributed by atoms with Crippen molar-refractivity contribution in [1.29, 1.82) is 0 Å². The van der Waals surface area contributed by atoms with Crippen LogP contribution in [-0.2, 0) is 11.3 Å². The molecule has 4 heteroatoms. The second-order valence-electron chi connectivity index (χ2n) is 6.00. The van der Waals surface area contributed by atoms with Crippen LogP contribution in [0.5, 0.6) is 0 Å². The number of nitrogens with zero attached hydrogens (tertiary/aromatic N) is 1. The van der Waals surface area contributed by atoms with E-state index in [0.717, 1.165) is 17.4 Å². The molecule has 19 heavy (non-hydrogen) atoms. The van der Waals surface area contributed by atoms with Crippen LogP contribution < -0.4 is 0 Å². The molecule has 2 rings (SSSR count). The van der Waals surface area contributed by atoms with E-state index in [1.807, 2.05) is 24.0 Å². The first-order valence-corrected chi connectivity index (χ1v) is 6.93. The van der Waals surface area contributed by atoms with Crippen molar-refractivity contribution in [2.45, 2.75) is 52.1 Å². The fraction of sp³-hybridized carbons (Fsp3) is 0.667. The number of likely N-dealkylation sites (N-methyl/N-ethyl adjacent to an activating group) is 1. The highest BCUT2D eigenvalue weighted by molar-refractivity contribution is 5.77. The van der Waals surface area contributed by atoms with Gasteiger partial charge in [0, 0.05) is 5.92 Å². The fourth-order valence-electron chi connectivity index (χ4n) is 2.43. The van der Waals surface area contributed by atoms with Gasteiger partial charge in [-0.15, -0.1) is 0 Å². The monoisotopic (exact) mass is 265 g/mol. The Labute approximate surface area is 114 Å². The molecule has 1 aliphatic rings. The van der Waals surface area contributed by atoms with Gasteiger partial charge in [0.05, 0.1) is 6.54 Å². The summed E-state index contributed by atoms with van der Waals surface area (Å²) in [6.45, 7) is 8.86. The van der Waals surface area contributed by atoms with Gasteiger partial charge in [0.1, 0.15) is 17.1 Å². The lowest BCUT2D eigenvalue weighted by atomic mass is 10.0. The van der Waals surface area contributed by atoms with Crippen LogP contribution in [0.15, 0.2) is 16.5 Å². The zero-order valence-electron chi connectivity index (χ0n) is 12.1. The summed E-state index contributed by atoms with van der Waals surface area (Å²) in [7, 11) is 0. The van der Waals surface area contributed by atoms with E-state index in [1.165, 1.54) is 6.42 Å². The number of rotatable bonds is 6. The summed E-state index contributed by atoms with van der Waals surface area (Å²) < 4.78 is 5.85. The van der Waals surface area contributed by atoms with E-state index in [4.69, 9.17) is 4.42 Å². The molecule has 0 radical (unpaired) electrons. The summed E-state index contributed by atoms with van der Waals surface area (Å²) in [6, 6.07) is 4.01. The molecular weight excluding hydrogens is 242 g/mol. The minimum atomic E-state index is -0.880. The molecule has 0 aromatic carbocycles. The van der Waals surface area contributed by atoms with E-state index < -0.39 is 11.5 Å². The van der Waals surface area contributed by atoms with Crippen LogP contribution in [0.4, 0.5) is 0 Å². The lowest BCUT2D eigenvalue weighted by molar-refractivity contribution is -0.149. The molecule has 1 fully saturated rings. The Kier molecular flexibility index (Phi) is 3.72. The lowest BCUT2D eigenvalue weighted by Crippen LogP contribution is -2.49. The van der Waals surface area contributed by atoms with Gasteiger partial charge in [-0.1, -0.05) is 13.8 Å². The molecule has 0 saturated heterocycles. The molecule has 106 valence electrons. The first-order chi connectivity index (χ1) is 8.86. The maximum atomic E-state index is 11.3. The normalized spacial score (nSPS) is 22.8. The van der Waals surface area contributed by atoms with Crippen molar-refractivity contribution >= 4 is 5.97 Å². The minimum Gasteiger partial charge on any atom is -0.480 e. The lowest BCUT2D eigenvalue weighted by Gasteiger charge is -2.33. The van der Waals surface area contributed by atoms with Crippen LogP contribution in [0.1, 0.15) is 51.6 Å². The quantitative estimate of drug-likeness (QED) is 0.858. The second-order valence-corrected chi connectivity index (χ2v) is 6.00. The summed E-state index contributed by atoms with van der Waals surface area (Å²) in [5.74, 6) is 2.38. The Morgan fingerprint density at radius 3 is 2.63 bits per heavy atom. The van der Waals surface area contributed by atoms with Crippen molar-refractivity contribution in [3.63, 3.8) is 0 Å². The van der Waals surface area contributed by atoms with Crippen molar-refractivity contribution in [3.8, 4) is 0 Å². The molecule has 2 atom stereocenters. The van der Waals surface area contributed by atoms with Gasteiger partial charge in [0.2, 0.25) is 0 Å². The molecule has 1 heterocycles.